The molecule has 0 aliphatic heterocycles. The van der Waals surface area contributed by atoms with Crippen LogP contribution in [0.3, 0.4) is 0 Å². The van der Waals surface area contributed by atoms with Crippen LogP contribution in [0, 0.1) is 0 Å². The smallest absolute Gasteiger partial charge is 0.287 e. The summed E-state index contributed by atoms with van der Waals surface area (Å²) in [5.74, 6) is 0. The van der Waals surface area contributed by atoms with E-state index in [4.69, 9.17) is 13.6 Å². The average Bonchev–Trinajstić information content (AvgIpc) is 2.72. The predicted octanol–water partition coefficient (Wildman–Crippen LogP) is 9.23. The Morgan fingerprint density at radius 2 is 0.655 bits per heavy atom. The van der Waals surface area contributed by atoms with Gasteiger partial charge in [0, 0.05) is 0 Å². The second-order valence-corrected chi connectivity index (χ2v) is 9.92. The zero-order valence-electron chi connectivity index (χ0n) is 19.9. The Hall–Kier alpha value is 0.110. The molecule has 0 amide bonds. The second kappa shape index (κ2) is 22.8. The summed E-state index contributed by atoms with van der Waals surface area (Å²) in [6.07, 6.45) is 21.3. The number of phosphoric ester groups is 1. The minimum Gasteiger partial charge on any atom is -0.287 e. The molecule has 0 unspecified atom stereocenters. The van der Waals surface area contributed by atoms with Gasteiger partial charge in [-0.1, -0.05) is 117 Å². The molecule has 0 spiro atoms. The third-order valence-electron chi connectivity index (χ3n) is 5.24. The highest BCUT2D eigenvalue weighted by molar-refractivity contribution is 7.48. The Balaban J connectivity index is 4.05. The fourth-order valence-electron chi connectivity index (χ4n) is 3.29. The first-order valence-corrected chi connectivity index (χ1v) is 14.2. The molecule has 4 nitrogen and oxygen atoms in total. The summed E-state index contributed by atoms with van der Waals surface area (Å²) in [5.41, 5.74) is 0. The van der Waals surface area contributed by atoms with Crippen molar-refractivity contribution in [2.24, 2.45) is 0 Å². The zero-order chi connectivity index (χ0) is 21.5. The van der Waals surface area contributed by atoms with Gasteiger partial charge in [0.15, 0.2) is 0 Å². The van der Waals surface area contributed by atoms with E-state index >= 15 is 0 Å². The number of hydrogen-bond donors (Lipinski definition) is 0. The van der Waals surface area contributed by atoms with E-state index in [0.717, 1.165) is 38.5 Å². The van der Waals surface area contributed by atoms with Gasteiger partial charge in [0.05, 0.1) is 19.8 Å². The van der Waals surface area contributed by atoms with Crippen LogP contribution in [0.5, 0.6) is 0 Å². The van der Waals surface area contributed by atoms with Gasteiger partial charge in [-0.05, 0) is 19.3 Å². The molecule has 0 aromatic carbocycles. The summed E-state index contributed by atoms with van der Waals surface area (Å²) in [6.45, 7) is 8.08. The minimum atomic E-state index is -3.40. The lowest BCUT2D eigenvalue weighted by atomic mass is 10.1. The summed E-state index contributed by atoms with van der Waals surface area (Å²) in [5, 5.41) is 0. The fraction of sp³-hybridized carbons (Fsp3) is 1.00. The summed E-state index contributed by atoms with van der Waals surface area (Å²) >= 11 is 0. The molecule has 0 bridgehead atoms. The Labute approximate surface area is 182 Å². The van der Waals surface area contributed by atoms with E-state index in [1.165, 1.54) is 77.0 Å². The van der Waals surface area contributed by atoms with E-state index in [1.54, 1.807) is 0 Å². The van der Waals surface area contributed by atoms with E-state index in [9.17, 15) is 4.57 Å². The lowest BCUT2D eigenvalue weighted by molar-refractivity contribution is 0.108. The molecular formula is C24H51O4P. The number of rotatable bonds is 24. The van der Waals surface area contributed by atoms with Crippen molar-refractivity contribution in [3.05, 3.63) is 0 Å². The maximum absolute atomic E-state index is 13.0. The van der Waals surface area contributed by atoms with E-state index < -0.39 is 7.82 Å². The molecule has 0 aromatic heterocycles. The van der Waals surface area contributed by atoms with Crippen LogP contribution in [0.1, 0.15) is 136 Å². The summed E-state index contributed by atoms with van der Waals surface area (Å²) in [6, 6.07) is 0. The van der Waals surface area contributed by atoms with Crippen molar-refractivity contribution in [3.8, 4) is 0 Å². The highest BCUT2D eigenvalue weighted by Crippen LogP contribution is 2.50. The lowest BCUT2D eigenvalue weighted by Gasteiger charge is -2.18. The molecular weight excluding hydrogens is 384 g/mol. The van der Waals surface area contributed by atoms with Gasteiger partial charge in [-0.2, -0.15) is 0 Å². The first-order chi connectivity index (χ1) is 14.2. The van der Waals surface area contributed by atoms with Gasteiger partial charge in [0.25, 0.3) is 0 Å². The third-order valence-corrected chi connectivity index (χ3v) is 6.74. The molecule has 0 N–H and O–H groups in total. The van der Waals surface area contributed by atoms with Crippen LogP contribution in [0.25, 0.3) is 0 Å². The summed E-state index contributed by atoms with van der Waals surface area (Å²) in [4.78, 5) is 0. The highest BCUT2D eigenvalue weighted by atomic mass is 32.2. The molecule has 0 atom stereocenters. The van der Waals surface area contributed by atoms with Crippen LogP contribution >= 0.6 is 7.82 Å². The quantitative estimate of drug-likeness (QED) is 0.112. The molecule has 29 heavy (non-hydrogen) atoms. The van der Waals surface area contributed by atoms with E-state index in [-0.39, 0.29) is 0 Å². The zero-order valence-corrected chi connectivity index (χ0v) is 20.8. The largest absolute Gasteiger partial charge is 0.474 e. The van der Waals surface area contributed by atoms with Gasteiger partial charge in [-0.15, -0.1) is 0 Å². The monoisotopic (exact) mass is 435 g/mol. The molecule has 0 saturated heterocycles. The van der Waals surface area contributed by atoms with Crippen molar-refractivity contribution >= 4 is 7.82 Å². The van der Waals surface area contributed by atoms with Crippen LogP contribution in [0.15, 0.2) is 0 Å². The van der Waals surface area contributed by atoms with Crippen molar-refractivity contribution in [3.63, 3.8) is 0 Å². The fourth-order valence-corrected chi connectivity index (χ4v) is 4.57. The van der Waals surface area contributed by atoms with Crippen LogP contribution < -0.4 is 0 Å². The maximum atomic E-state index is 13.0. The molecule has 0 fully saturated rings. The van der Waals surface area contributed by atoms with E-state index in [0.29, 0.717) is 19.8 Å². The molecule has 5 heteroatoms. The van der Waals surface area contributed by atoms with Crippen LogP contribution in [-0.2, 0) is 18.1 Å². The standard InChI is InChI=1S/C24H51O4P/c1-4-7-10-13-16-19-22-26-29(25,27-23-20-17-14-11-8-5-2)28-24-21-18-15-12-9-6-3/h4-24H2,1-3H3/i29+1. The van der Waals surface area contributed by atoms with Gasteiger partial charge in [0.2, 0.25) is 0 Å². The summed E-state index contributed by atoms with van der Waals surface area (Å²) in [7, 11) is -3.40. The Bertz CT molecular complexity index is 310. The summed E-state index contributed by atoms with van der Waals surface area (Å²) < 4.78 is 29.9. The van der Waals surface area contributed by atoms with Crippen LogP contribution in [0.2, 0.25) is 0 Å². The minimum absolute atomic E-state index is 0.469. The molecule has 0 saturated carbocycles. The maximum Gasteiger partial charge on any atom is 0.474 e. The number of hydrogen-bond acceptors (Lipinski definition) is 4. The van der Waals surface area contributed by atoms with Crippen molar-refractivity contribution in [2.45, 2.75) is 136 Å². The van der Waals surface area contributed by atoms with E-state index in [2.05, 4.69) is 20.8 Å². The molecule has 0 radical (unpaired) electrons. The van der Waals surface area contributed by atoms with Crippen LogP contribution in [0.4, 0.5) is 0 Å². The molecule has 0 aliphatic rings. The van der Waals surface area contributed by atoms with Crippen molar-refractivity contribution in [1.82, 2.24) is 0 Å². The van der Waals surface area contributed by atoms with Gasteiger partial charge < -0.3 is 0 Å². The Morgan fingerprint density at radius 1 is 0.414 bits per heavy atom. The Kier molecular flexibility index (Phi) is 22.9. The molecule has 0 heterocycles. The highest BCUT2D eigenvalue weighted by Gasteiger charge is 2.26. The molecule has 0 aromatic rings. The van der Waals surface area contributed by atoms with Gasteiger partial charge in [-0.25, -0.2) is 4.57 Å². The normalized spacial score (nSPS) is 12.0. The average molecular weight is 436 g/mol. The number of phosphoric acid groups is 1. The molecule has 176 valence electrons. The first-order valence-electron chi connectivity index (χ1n) is 12.7. The van der Waals surface area contributed by atoms with Gasteiger partial charge >= 0.3 is 7.82 Å². The topological polar surface area (TPSA) is 44.8 Å². The lowest BCUT2D eigenvalue weighted by Crippen LogP contribution is -2.04. The van der Waals surface area contributed by atoms with Gasteiger partial charge in [0.1, 0.15) is 0 Å². The van der Waals surface area contributed by atoms with Crippen molar-refractivity contribution < 1.29 is 18.1 Å². The third kappa shape index (κ3) is 21.1. The number of unbranched alkanes of at least 4 members (excludes halogenated alkanes) is 15. The van der Waals surface area contributed by atoms with Crippen molar-refractivity contribution in [2.75, 3.05) is 19.8 Å². The first kappa shape index (κ1) is 29.1. The van der Waals surface area contributed by atoms with E-state index in [1.807, 2.05) is 0 Å². The second-order valence-electron chi connectivity index (χ2n) is 8.25. The molecule has 0 rings (SSSR count). The van der Waals surface area contributed by atoms with Crippen molar-refractivity contribution in [1.29, 1.82) is 0 Å². The van der Waals surface area contributed by atoms with Gasteiger partial charge in [-0.3, -0.25) is 13.6 Å². The SMILES string of the molecule is CCCCCCCCO[32P](=O)(OCCCCCCCC)OCCCCCCCC. The van der Waals surface area contributed by atoms with Crippen LogP contribution in [-0.4, -0.2) is 19.8 Å². The molecule has 0 aliphatic carbocycles. The predicted molar refractivity (Wildman–Crippen MR) is 126 cm³/mol. The Morgan fingerprint density at radius 3 is 0.931 bits per heavy atom.